The minimum atomic E-state index is -0.781. The Morgan fingerprint density at radius 3 is 2.84 bits per heavy atom. The van der Waals surface area contributed by atoms with Crippen molar-refractivity contribution in [1.29, 1.82) is 0 Å². The molecule has 2 aliphatic rings. The Morgan fingerprint density at radius 2 is 2.08 bits per heavy atom. The summed E-state index contributed by atoms with van der Waals surface area (Å²) in [5, 5.41) is 9.14. The number of nitrogens with zero attached hydrogens (tertiary/aromatic N) is 2. The first-order chi connectivity index (χ1) is 12.0. The Hall–Kier alpha value is -2.28. The Balaban J connectivity index is 1.49. The predicted molar refractivity (Wildman–Crippen MR) is 90.8 cm³/mol. The molecule has 7 heteroatoms. The lowest BCUT2D eigenvalue weighted by molar-refractivity contribution is -0.145. The summed E-state index contributed by atoms with van der Waals surface area (Å²) in [6.07, 6.45) is 1.28. The standard InChI is InChI=1S/C18H24N2O5/c1-19(10-14-12-24-15-6-2-3-7-16(15)25-14)17(21)11-20-8-4-5-13(9-20)18(22)23/h2-3,6-7,13-14H,4-5,8-12H2,1H3,(H,22,23). The largest absolute Gasteiger partial charge is 0.486 e. The zero-order valence-corrected chi connectivity index (χ0v) is 14.4. The molecule has 1 aromatic rings. The van der Waals surface area contributed by atoms with Crippen molar-refractivity contribution in [2.75, 3.05) is 39.8 Å². The van der Waals surface area contributed by atoms with Crippen LogP contribution in [0.3, 0.4) is 0 Å². The molecular formula is C18H24N2O5. The molecule has 1 amide bonds. The topological polar surface area (TPSA) is 79.3 Å². The molecular weight excluding hydrogens is 324 g/mol. The highest BCUT2D eigenvalue weighted by Crippen LogP contribution is 2.30. The number of piperidine rings is 1. The average Bonchev–Trinajstić information content (AvgIpc) is 2.61. The zero-order valence-electron chi connectivity index (χ0n) is 14.4. The van der Waals surface area contributed by atoms with E-state index in [4.69, 9.17) is 14.6 Å². The molecule has 7 nitrogen and oxygen atoms in total. The maximum atomic E-state index is 12.4. The predicted octanol–water partition coefficient (Wildman–Crippen LogP) is 1.08. The summed E-state index contributed by atoms with van der Waals surface area (Å²) in [4.78, 5) is 27.1. The van der Waals surface area contributed by atoms with E-state index in [1.807, 2.05) is 29.2 Å². The maximum absolute atomic E-state index is 12.4. The van der Waals surface area contributed by atoms with Gasteiger partial charge in [-0.2, -0.15) is 0 Å². The Kier molecular flexibility index (Phi) is 5.43. The van der Waals surface area contributed by atoms with E-state index in [9.17, 15) is 9.59 Å². The van der Waals surface area contributed by atoms with Crippen LogP contribution in [0.4, 0.5) is 0 Å². The Bertz CT molecular complexity index is 636. The number of hydrogen-bond donors (Lipinski definition) is 1. The summed E-state index contributed by atoms with van der Waals surface area (Å²) in [7, 11) is 1.74. The van der Waals surface area contributed by atoms with E-state index in [0.29, 0.717) is 31.9 Å². The lowest BCUT2D eigenvalue weighted by Gasteiger charge is -2.33. The minimum Gasteiger partial charge on any atom is -0.486 e. The summed E-state index contributed by atoms with van der Waals surface area (Å²) in [5.74, 6) is 0.226. The number of benzene rings is 1. The fourth-order valence-electron chi connectivity index (χ4n) is 3.27. The lowest BCUT2D eigenvalue weighted by atomic mass is 9.98. The van der Waals surface area contributed by atoms with Gasteiger partial charge >= 0.3 is 5.97 Å². The number of para-hydroxylation sites is 2. The highest BCUT2D eigenvalue weighted by Gasteiger charge is 2.28. The molecule has 0 saturated carbocycles. The number of ether oxygens (including phenoxy) is 2. The smallest absolute Gasteiger partial charge is 0.307 e. The van der Waals surface area contributed by atoms with Crippen molar-refractivity contribution in [2.24, 2.45) is 5.92 Å². The normalized spacial score (nSPS) is 23.1. The second-order valence-electron chi connectivity index (χ2n) is 6.68. The molecule has 0 radical (unpaired) electrons. The van der Waals surface area contributed by atoms with Crippen LogP contribution < -0.4 is 9.47 Å². The number of hydrogen-bond acceptors (Lipinski definition) is 5. The number of likely N-dealkylation sites (N-methyl/N-ethyl adjacent to an activating group) is 1. The fraction of sp³-hybridized carbons (Fsp3) is 0.556. The monoisotopic (exact) mass is 348 g/mol. The Morgan fingerprint density at radius 1 is 1.32 bits per heavy atom. The zero-order chi connectivity index (χ0) is 17.8. The van der Waals surface area contributed by atoms with E-state index in [0.717, 1.165) is 18.7 Å². The van der Waals surface area contributed by atoms with Gasteiger partial charge in [-0.15, -0.1) is 0 Å². The minimum absolute atomic E-state index is 0.0338. The van der Waals surface area contributed by atoms with Crippen molar-refractivity contribution in [3.63, 3.8) is 0 Å². The van der Waals surface area contributed by atoms with Crippen LogP contribution >= 0.6 is 0 Å². The van der Waals surface area contributed by atoms with Crippen LogP contribution in [-0.2, 0) is 9.59 Å². The molecule has 0 bridgehead atoms. The molecule has 25 heavy (non-hydrogen) atoms. The number of carboxylic acid groups (broad SMARTS) is 1. The van der Waals surface area contributed by atoms with E-state index in [1.165, 1.54) is 0 Å². The fourth-order valence-corrected chi connectivity index (χ4v) is 3.27. The van der Waals surface area contributed by atoms with Gasteiger partial charge in [-0.3, -0.25) is 14.5 Å². The number of likely N-dealkylation sites (tertiary alicyclic amines) is 1. The third-order valence-electron chi connectivity index (χ3n) is 4.68. The van der Waals surface area contributed by atoms with Crippen LogP contribution in [0, 0.1) is 5.92 Å². The van der Waals surface area contributed by atoms with Gasteiger partial charge in [0.2, 0.25) is 5.91 Å². The van der Waals surface area contributed by atoms with Gasteiger partial charge in [0.05, 0.1) is 19.0 Å². The SMILES string of the molecule is CN(CC1COc2ccccc2O1)C(=O)CN1CCCC(C(=O)O)C1. The van der Waals surface area contributed by atoms with Gasteiger partial charge < -0.3 is 19.5 Å². The second-order valence-corrected chi connectivity index (χ2v) is 6.68. The number of carboxylic acids is 1. The number of carbonyl (C=O) groups is 2. The van der Waals surface area contributed by atoms with E-state index in [2.05, 4.69) is 0 Å². The van der Waals surface area contributed by atoms with Gasteiger partial charge in [0.25, 0.3) is 0 Å². The molecule has 2 aliphatic heterocycles. The lowest BCUT2D eigenvalue weighted by Crippen LogP contribution is -2.47. The number of aliphatic carboxylic acids is 1. The molecule has 136 valence electrons. The van der Waals surface area contributed by atoms with Crippen LogP contribution in [0.1, 0.15) is 12.8 Å². The average molecular weight is 348 g/mol. The van der Waals surface area contributed by atoms with Gasteiger partial charge in [0.15, 0.2) is 17.6 Å². The third-order valence-corrected chi connectivity index (χ3v) is 4.68. The second kappa shape index (κ2) is 7.74. The highest BCUT2D eigenvalue weighted by molar-refractivity contribution is 5.78. The summed E-state index contributed by atoms with van der Waals surface area (Å²) in [5.41, 5.74) is 0. The van der Waals surface area contributed by atoms with Crippen LogP contribution in [0.2, 0.25) is 0 Å². The summed E-state index contributed by atoms with van der Waals surface area (Å²) in [6.45, 7) is 2.28. The molecule has 0 aliphatic carbocycles. The molecule has 2 heterocycles. The van der Waals surface area contributed by atoms with Crippen LogP contribution in [0.5, 0.6) is 11.5 Å². The third kappa shape index (κ3) is 4.42. The van der Waals surface area contributed by atoms with Gasteiger partial charge in [-0.1, -0.05) is 12.1 Å². The van der Waals surface area contributed by atoms with Gasteiger partial charge in [-0.05, 0) is 31.5 Å². The number of carbonyl (C=O) groups excluding carboxylic acids is 1. The van der Waals surface area contributed by atoms with Crippen molar-refractivity contribution in [1.82, 2.24) is 9.80 Å². The van der Waals surface area contributed by atoms with Crippen LogP contribution in [-0.4, -0.2) is 72.7 Å². The van der Waals surface area contributed by atoms with E-state index < -0.39 is 5.97 Å². The molecule has 0 spiro atoms. The molecule has 2 atom stereocenters. The van der Waals surface area contributed by atoms with Crippen molar-refractivity contribution < 1.29 is 24.2 Å². The van der Waals surface area contributed by atoms with Crippen molar-refractivity contribution in [2.45, 2.75) is 18.9 Å². The Labute approximate surface area is 147 Å². The first-order valence-corrected chi connectivity index (χ1v) is 8.60. The molecule has 0 aromatic heterocycles. The number of rotatable bonds is 5. The van der Waals surface area contributed by atoms with Crippen LogP contribution in [0.25, 0.3) is 0 Å². The molecule has 1 N–H and O–H groups in total. The van der Waals surface area contributed by atoms with E-state index in [-0.39, 0.29) is 24.5 Å². The molecule has 1 fully saturated rings. The van der Waals surface area contributed by atoms with Gasteiger partial charge in [0.1, 0.15) is 6.61 Å². The maximum Gasteiger partial charge on any atom is 0.307 e. The first-order valence-electron chi connectivity index (χ1n) is 8.60. The summed E-state index contributed by atoms with van der Waals surface area (Å²) >= 11 is 0. The molecule has 1 aromatic carbocycles. The van der Waals surface area contributed by atoms with Crippen LogP contribution in [0.15, 0.2) is 24.3 Å². The molecule has 3 rings (SSSR count). The van der Waals surface area contributed by atoms with Crippen molar-refractivity contribution in [3.05, 3.63) is 24.3 Å². The first kappa shape index (κ1) is 17.5. The van der Waals surface area contributed by atoms with Crippen molar-refractivity contribution in [3.8, 4) is 11.5 Å². The van der Waals surface area contributed by atoms with Crippen molar-refractivity contribution >= 4 is 11.9 Å². The number of amides is 1. The summed E-state index contributed by atoms with van der Waals surface area (Å²) in [6, 6.07) is 7.48. The quantitative estimate of drug-likeness (QED) is 0.858. The van der Waals surface area contributed by atoms with Gasteiger partial charge in [-0.25, -0.2) is 0 Å². The van der Waals surface area contributed by atoms with E-state index >= 15 is 0 Å². The van der Waals surface area contributed by atoms with E-state index in [1.54, 1.807) is 11.9 Å². The summed E-state index contributed by atoms with van der Waals surface area (Å²) < 4.78 is 11.5. The number of fused-ring (bicyclic) bond motifs is 1. The molecule has 2 unspecified atom stereocenters. The highest BCUT2D eigenvalue weighted by atomic mass is 16.6. The molecule has 1 saturated heterocycles. The van der Waals surface area contributed by atoms with Gasteiger partial charge in [0, 0.05) is 13.6 Å².